The highest BCUT2D eigenvalue weighted by atomic mass is 19.4. The highest BCUT2D eigenvalue weighted by molar-refractivity contribution is 5.95. The van der Waals surface area contributed by atoms with E-state index in [1.165, 1.54) is 10.5 Å². The maximum atomic E-state index is 13.5. The molecular formula is C30H30F6N2O. The van der Waals surface area contributed by atoms with Crippen LogP contribution in [0, 0.1) is 0 Å². The molecule has 1 aliphatic heterocycles. The van der Waals surface area contributed by atoms with Gasteiger partial charge in [0.05, 0.1) is 11.1 Å². The van der Waals surface area contributed by atoms with E-state index < -0.39 is 41.0 Å². The summed E-state index contributed by atoms with van der Waals surface area (Å²) in [5.74, 6) is -0.823. The van der Waals surface area contributed by atoms with Crippen LogP contribution in [-0.2, 0) is 25.2 Å². The van der Waals surface area contributed by atoms with Gasteiger partial charge in [0, 0.05) is 31.2 Å². The summed E-state index contributed by atoms with van der Waals surface area (Å²) < 4.78 is 80.5. The number of rotatable bonds is 8. The van der Waals surface area contributed by atoms with Crippen molar-refractivity contribution in [3.63, 3.8) is 0 Å². The molecule has 0 bridgehead atoms. The fraction of sp³-hybridized carbons (Fsp3) is 0.367. The van der Waals surface area contributed by atoms with Gasteiger partial charge in [-0.25, -0.2) is 0 Å². The minimum absolute atomic E-state index is 0.0472. The topological polar surface area (TPSA) is 23.6 Å². The third kappa shape index (κ3) is 7.85. The summed E-state index contributed by atoms with van der Waals surface area (Å²) in [6.45, 7) is 1.99. The SMILES string of the molecule is O=C(c1cc(C(F)(F)F)cc(C(F)(F)F)c1)N1CCN(CCCCc2ccccc2)C[C@H]1Cc1ccccc1. The van der Waals surface area contributed by atoms with E-state index in [0.717, 1.165) is 31.4 Å². The maximum Gasteiger partial charge on any atom is 0.416 e. The third-order valence-corrected chi connectivity index (χ3v) is 7.01. The van der Waals surface area contributed by atoms with Crippen LogP contribution in [0.4, 0.5) is 26.3 Å². The van der Waals surface area contributed by atoms with Crippen LogP contribution >= 0.6 is 0 Å². The molecule has 1 heterocycles. The quantitative estimate of drug-likeness (QED) is 0.221. The Morgan fingerprint density at radius 2 is 1.31 bits per heavy atom. The Balaban J connectivity index is 1.51. The van der Waals surface area contributed by atoms with Gasteiger partial charge < -0.3 is 4.90 Å². The van der Waals surface area contributed by atoms with Crippen molar-refractivity contribution in [1.29, 1.82) is 0 Å². The van der Waals surface area contributed by atoms with E-state index in [2.05, 4.69) is 17.0 Å². The van der Waals surface area contributed by atoms with Crippen LogP contribution in [0.1, 0.15) is 45.5 Å². The number of piperazine rings is 1. The van der Waals surface area contributed by atoms with Crippen molar-refractivity contribution in [2.45, 2.75) is 44.1 Å². The fourth-order valence-corrected chi connectivity index (χ4v) is 5.00. The van der Waals surface area contributed by atoms with Gasteiger partial charge in [0.1, 0.15) is 0 Å². The lowest BCUT2D eigenvalue weighted by Gasteiger charge is -2.42. The average molecular weight is 549 g/mol. The second-order valence-electron chi connectivity index (χ2n) is 9.88. The van der Waals surface area contributed by atoms with Crippen molar-refractivity contribution in [2.75, 3.05) is 26.2 Å². The van der Waals surface area contributed by atoms with Crippen LogP contribution in [0.3, 0.4) is 0 Å². The van der Waals surface area contributed by atoms with Crippen LogP contribution < -0.4 is 0 Å². The first-order valence-corrected chi connectivity index (χ1v) is 12.9. The summed E-state index contributed by atoms with van der Waals surface area (Å²) in [6, 6.07) is 20.2. The molecule has 1 atom stereocenters. The molecule has 9 heteroatoms. The molecule has 0 spiro atoms. The third-order valence-electron chi connectivity index (χ3n) is 7.01. The van der Waals surface area contributed by atoms with Gasteiger partial charge in [-0.05, 0) is 61.6 Å². The lowest BCUT2D eigenvalue weighted by Crippen LogP contribution is -2.56. The van der Waals surface area contributed by atoms with E-state index in [0.29, 0.717) is 31.6 Å². The summed E-state index contributed by atoms with van der Waals surface area (Å²) >= 11 is 0. The zero-order valence-corrected chi connectivity index (χ0v) is 21.3. The summed E-state index contributed by atoms with van der Waals surface area (Å²) in [4.78, 5) is 17.1. The molecule has 1 fully saturated rings. The second kappa shape index (κ2) is 12.2. The Bertz CT molecular complexity index is 1200. The molecule has 0 aliphatic carbocycles. The zero-order valence-electron chi connectivity index (χ0n) is 21.3. The molecule has 3 aromatic rings. The molecule has 3 aromatic carbocycles. The number of carbonyl (C=O) groups is 1. The van der Waals surface area contributed by atoms with Crippen LogP contribution in [0.5, 0.6) is 0 Å². The molecule has 39 heavy (non-hydrogen) atoms. The number of amides is 1. The molecule has 3 nitrogen and oxygen atoms in total. The molecular weight excluding hydrogens is 518 g/mol. The normalized spacial score (nSPS) is 16.9. The largest absolute Gasteiger partial charge is 0.416 e. The van der Waals surface area contributed by atoms with Gasteiger partial charge in [-0.2, -0.15) is 26.3 Å². The van der Waals surface area contributed by atoms with Crippen molar-refractivity contribution >= 4 is 5.91 Å². The van der Waals surface area contributed by atoms with Crippen LogP contribution in [0.2, 0.25) is 0 Å². The smallest absolute Gasteiger partial charge is 0.333 e. The van der Waals surface area contributed by atoms with Crippen molar-refractivity contribution in [1.82, 2.24) is 9.80 Å². The lowest BCUT2D eigenvalue weighted by molar-refractivity contribution is -0.143. The van der Waals surface area contributed by atoms with Gasteiger partial charge in [0.15, 0.2) is 0 Å². The van der Waals surface area contributed by atoms with Gasteiger partial charge in [0.2, 0.25) is 0 Å². The number of hydrogen-bond donors (Lipinski definition) is 0. The monoisotopic (exact) mass is 548 g/mol. The molecule has 0 N–H and O–H groups in total. The Kier molecular flexibility index (Phi) is 9.00. The first-order chi connectivity index (χ1) is 18.5. The highest BCUT2D eigenvalue weighted by Crippen LogP contribution is 2.37. The fourth-order valence-electron chi connectivity index (χ4n) is 5.00. The zero-order chi connectivity index (χ0) is 28.0. The number of alkyl halides is 6. The van der Waals surface area contributed by atoms with E-state index >= 15 is 0 Å². The first kappa shape index (κ1) is 28.7. The number of aryl methyl sites for hydroxylation is 1. The number of hydrogen-bond acceptors (Lipinski definition) is 2. The summed E-state index contributed by atoms with van der Waals surface area (Å²) in [5.41, 5.74) is -1.39. The standard InChI is InChI=1S/C30H30F6N2O/c31-29(32,33)25-18-24(19-26(20-25)30(34,35)36)28(39)38-16-15-37(14-8-7-11-22-9-3-1-4-10-22)21-27(38)17-23-12-5-2-6-13-23/h1-6,9-10,12-13,18-20,27H,7-8,11,14-17,21H2/t27-/m1/s1. The molecule has 1 amide bonds. The molecule has 208 valence electrons. The Morgan fingerprint density at radius 1 is 0.744 bits per heavy atom. The predicted molar refractivity (Wildman–Crippen MR) is 137 cm³/mol. The molecule has 1 aliphatic rings. The molecule has 0 radical (unpaired) electrons. The second-order valence-corrected chi connectivity index (χ2v) is 9.88. The number of carbonyl (C=O) groups excluding carboxylic acids is 1. The van der Waals surface area contributed by atoms with Gasteiger partial charge in [-0.15, -0.1) is 0 Å². The van der Waals surface area contributed by atoms with Crippen molar-refractivity contribution < 1.29 is 31.1 Å². The maximum absolute atomic E-state index is 13.5. The minimum atomic E-state index is -5.02. The highest BCUT2D eigenvalue weighted by Gasteiger charge is 2.39. The lowest BCUT2D eigenvalue weighted by atomic mass is 9.99. The van der Waals surface area contributed by atoms with Crippen molar-refractivity contribution in [3.8, 4) is 0 Å². The predicted octanol–water partition coefficient (Wildman–Crippen LogP) is 7.12. The van der Waals surface area contributed by atoms with E-state index in [9.17, 15) is 31.1 Å². The van der Waals surface area contributed by atoms with E-state index in [1.807, 2.05) is 48.5 Å². The Morgan fingerprint density at radius 3 is 1.87 bits per heavy atom. The summed E-state index contributed by atoms with van der Waals surface area (Å²) in [5, 5.41) is 0. The van der Waals surface area contributed by atoms with E-state index in [1.54, 1.807) is 0 Å². The number of benzene rings is 3. The van der Waals surface area contributed by atoms with E-state index in [4.69, 9.17) is 0 Å². The van der Waals surface area contributed by atoms with Gasteiger partial charge in [-0.1, -0.05) is 60.7 Å². The first-order valence-electron chi connectivity index (χ1n) is 12.9. The molecule has 1 saturated heterocycles. The Hall–Kier alpha value is -3.33. The molecule has 4 rings (SSSR count). The van der Waals surface area contributed by atoms with Crippen LogP contribution in [0.25, 0.3) is 0 Å². The van der Waals surface area contributed by atoms with Crippen molar-refractivity contribution in [3.05, 3.63) is 107 Å². The van der Waals surface area contributed by atoms with Gasteiger partial charge in [-0.3, -0.25) is 9.69 Å². The van der Waals surface area contributed by atoms with Crippen LogP contribution in [0.15, 0.2) is 78.9 Å². The molecule has 0 unspecified atom stereocenters. The van der Waals surface area contributed by atoms with Gasteiger partial charge in [0.25, 0.3) is 5.91 Å². The molecule has 0 saturated carbocycles. The summed E-state index contributed by atoms with van der Waals surface area (Å²) in [7, 11) is 0. The minimum Gasteiger partial charge on any atom is -0.333 e. The van der Waals surface area contributed by atoms with Crippen LogP contribution in [-0.4, -0.2) is 47.9 Å². The van der Waals surface area contributed by atoms with E-state index in [-0.39, 0.29) is 12.6 Å². The van der Waals surface area contributed by atoms with Crippen molar-refractivity contribution in [2.24, 2.45) is 0 Å². The average Bonchev–Trinajstić information content (AvgIpc) is 2.91. The number of halogens is 6. The number of nitrogens with zero attached hydrogens (tertiary/aromatic N) is 2. The molecule has 0 aromatic heterocycles. The summed E-state index contributed by atoms with van der Waals surface area (Å²) in [6.07, 6.45) is -6.72. The number of unbranched alkanes of at least 4 members (excludes halogenated alkanes) is 1. The van der Waals surface area contributed by atoms with Gasteiger partial charge >= 0.3 is 12.4 Å². The Labute approximate surface area is 224 Å².